The van der Waals surface area contributed by atoms with Gasteiger partial charge in [-0.2, -0.15) is 0 Å². The van der Waals surface area contributed by atoms with Gasteiger partial charge in [0.05, 0.1) is 16.3 Å². The van der Waals surface area contributed by atoms with Crippen molar-refractivity contribution < 1.29 is 0 Å². The number of amidine groups is 1. The molecule has 0 spiro atoms. The average Bonchev–Trinajstić information content (AvgIpc) is 3.07. The maximum absolute atomic E-state index is 4.89. The van der Waals surface area contributed by atoms with Crippen molar-refractivity contribution in [1.82, 2.24) is 4.98 Å². The Bertz CT molecular complexity index is 954. The molecule has 0 fully saturated rings. The summed E-state index contributed by atoms with van der Waals surface area (Å²) in [7, 11) is 0. The molecule has 0 N–H and O–H groups in total. The number of pyridine rings is 1. The topological polar surface area (TPSA) is 28.5 Å². The first-order valence-corrected chi connectivity index (χ1v) is 8.66. The Kier molecular flexibility index (Phi) is 3.54. The van der Waals surface area contributed by atoms with Crippen molar-refractivity contribution >= 4 is 34.2 Å². The van der Waals surface area contributed by atoms with Gasteiger partial charge < -0.3 is 0 Å². The first kappa shape index (κ1) is 14.8. The van der Waals surface area contributed by atoms with Crippen molar-refractivity contribution in [3.63, 3.8) is 0 Å². The Morgan fingerprint density at radius 3 is 2.71 bits per heavy atom. The van der Waals surface area contributed by atoms with Crippen molar-refractivity contribution in [2.75, 3.05) is 4.90 Å². The third-order valence-electron chi connectivity index (χ3n) is 4.28. The number of anilines is 1. The van der Waals surface area contributed by atoms with Gasteiger partial charge in [0, 0.05) is 23.6 Å². The monoisotopic (exact) mass is 331 g/mol. The Labute approximate surface area is 145 Å². The third-order valence-corrected chi connectivity index (χ3v) is 5.24. The number of hydrogen-bond acceptors (Lipinski definition) is 4. The molecule has 4 heteroatoms. The lowest BCUT2D eigenvalue weighted by Gasteiger charge is -2.31. The van der Waals surface area contributed by atoms with Crippen LogP contribution in [0.1, 0.15) is 21.6 Å². The third kappa shape index (κ3) is 2.36. The van der Waals surface area contributed by atoms with Crippen LogP contribution in [0.5, 0.6) is 0 Å². The van der Waals surface area contributed by atoms with E-state index >= 15 is 0 Å². The Morgan fingerprint density at radius 2 is 1.96 bits per heavy atom. The number of nitrogens with zero attached hydrogens (tertiary/aromatic N) is 3. The highest BCUT2D eigenvalue weighted by Gasteiger charge is 2.27. The molecule has 1 aromatic carbocycles. The molecule has 1 aliphatic rings. The van der Waals surface area contributed by atoms with Gasteiger partial charge in [-0.15, -0.1) is 11.3 Å². The van der Waals surface area contributed by atoms with Crippen LogP contribution in [-0.4, -0.2) is 10.8 Å². The first-order valence-electron chi connectivity index (χ1n) is 7.78. The Hall–Kier alpha value is -2.72. The fraction of sp³-hybridized carbons (Fsp3) is 0.100. The second-order valence-corrected chi connectivity index (χ2v) is 6.78. The molecule has 4 rings (SSSR count). The molecule has 24 heavy (non-hydrogen) atoms. The van der Waals surface area contributed by atoms with E-state index in [1.807, 2.05) is 24.4 Å². The molecule has 2 aromatic heterocycles. The van der Waals surface area contributed by atoms with Gasteiger partial charge in [-0.1, -0.05) is 12.6 Å². The number of aromatic nitrogens is 1. The second kappa shape index (κ2) is 5.73. The summed E-state index contributed by atoms with van der Waals surface area (Å²) >= 11 is 1.67. The van der Waals surface area contributed by atoms with E-state index in [1.165, 1.54) is 11.1 Å². The van der Waals surface area contributed by atoms with Gasteiger partial charge in [-0.25, -0.2) is 4.99 Å². The normalized spacial score (nSPS) is 13.7. The van der Waals surface area contributed by atoms with Gasteiger partial charge in [-0.3, -0.25) is 9.88 Å². The first-order chi connectivity index (χ1) is 11.6. The van der Waals surface area contributed by atoms with E-state index in [0.717, 1.165) is 33.3 Å². The molecule has 0 saturated carbocycles. The van der Waals surface area contributed by atoms with Gasteiger partial charge in [0.2, 0.25) is 0 Å². The minimum absolute atomic E-state index is 0.863. The molecule has 0 radical (unpaired) electrons. The molecule has 3 aromatic rings. The highest BCUT2D eigenvalue weighted by Crippen LogP contribution is 2.41. The number of aryl methyl sites for hydroxylation is 2. The molecule has 118 valence electrons. The van der Waals surface area contributed by atoms with Crippen LogP contribution in [-0.2, 0) is 0 Å². The molecule has 1 aliphatic heterocycles. The van der Waals surface area contributed by atoms with Gasteiger partial charge in [0.15, 0.2) is 0 Å². The number of hydrogen-bond donors (Lipinski definition) is 0. The summed E-state index contributed by atoms with van der Waals surface area (Å²) in [6, 6.07) is 12.5. The maximum atomic E-state index is 4.89. The van der Waals surface area contributed by atoms with Crippen LogP contribution >= 0.6 is 11.3 Å². The molecule has 0 bridgehead atoms. The number of aliphatic imine (C=N–C) groups is 1. The van der Waals surface area contributed by atoms with Gasteiger partial charge in [0.25, 0.3) is 0 Å². The standard InChI is InChI=1S/C20H17N3S/c1-13-6-7-17(11-14(13)2)23-15(3)19-18(8-10-24-19)22-20(23)16-5-4-9-21-12-16/h4-12H,3H2,1-2H3. The smallest absolute Gasteiger partial charge is 0.147 e. The Morgan fingerprint density at radius 1 is 1.08 bits per heavy atom. The van der Waals surface area contributed by atoms with Crippen LogP contribution in [0.25, 0.3) is 5.70 Å². The average molecular weight is 331 g/mol. The summed E-state index contributed by atoms with van der Waals surface area (Å²) in [5.41, 5.74) is 6.51. The predicted molar refractivity (Wildman–Crippen MR) is 102 cm³/mol. The zero-order valence-electron chi connectivity index (χ0n) is 13.7. The lowest BCUT2D eigenvalue weighted by molar-refractivity contribution is 1.25. The zero-order chi connectivity index (χ0) is 16.7. The summed E-state index contributed by atoms with van der Waals surface area (Å²) in [5, 5.41) is 2.06. The second-order valence-electron chi connectivity index (χ2n) is 5.86. The molecular weight excluding hydrogens is 314 g/mol. The van der Waals surface area contributed by atoms with Crippen LogP contribution in [0.4, 0.5) is 11.4 Å². The summed E-state index contributed by atoms with van der Waals surface area (Å²) in [4.78, 5) is 12.4. The van der Waals surface area contributed by atoms with Crippen LogP contribution in [0.2, 0.25) is 0 Å². The van der Waals surface area contributed by atoms with E-state index in [1.54, 1.807) is 17.5 Å². The van der Waals surface area contributed by atoms with Crippen molar-refractivity contribution in [2.24, 2.45) is 4.99 Å². The van der Waals surface area contributed by atoms with E-state index in [4.69, 9.17) is 4.99 Å². The molecule has 3 heterocycles. The minimum Gasteiger partial charge on any atom is -0.294 e. The van der Waals surface area contributed by atoms with E-state index in [-0.39, 0.29) is 0 Å². The quantitative estimate of drug-likeness (QED) is 0.635. The van der Waals surface area contributed by atoms with Crippen LogP contribution in [0.15, 0.2) is 65.7 Å². The number of rotatable bonds is 2. The van der Waals surface area contributed by atoms with Gasteiger partial charge in [-0.05, 0) is 60.7 Å². The van der Waals surface area contributed by atoms with E-state index in [2.05, 4.69) is 53.9 Å². The van der Waals surface area contributed by atoms with Gasteiger partial charge >= 0.3 is 0 Å². The van der Waals surface area contributed by atoms with Crippen molar-refractivity contribution in [1.29, 1.82) is 0 Å². The summed E-state index contributed by atoms with van der Waals surface area (Å²) < 4.78 is 0. The SMILES string of the molecule is C=C1c2sccc2N=C(c2cccnc2)N1c1ccc(C)c(C)c1. The predicted octanol–water partition coefficient (Wildman–Crippen LogP) is 5.33. The lowest BCUT2D eigenvalue weighted by atomic mass is 10.1. The Balaban J connectivity index is 1.92. The zero-order valence-corrected chi connectivity index (χ0v) is 14.5. The number of thiophene rings is 1. The summed E-state index contributed by atoms with van der Waals surface area (Å²) in [5.74, 6) is 0.863. The van der Waals surface area contributed by atoms with Crippen LogP contribution in [0.3, 0.4) is 0 Å². The molecule has 0 aliphatic carbocycles. The minimum atomic E-state index is 0.863. The molecule has 0 atom stereocenters. The lowest BCUT2D eigenvalue weighted by Crippen LogP contribution is -2.31. The largest absolute Gasteiger partial charge is 0.294 e. The van der Waals surface area contributed by atoms with E-state index < -0.39 is 0 Å². The van der Waals surface area contributed by atoms with Crippen molar-refractivity contribution in [3.8, 4) is 0 Å². The van der Waals surface area contributed by atoms with Crippen LogP contribution < -0.4 is 4.90 Å². The molecule has 0 amide bonds. The van der Waals surface area contributed by atoms with E-state index in [0.29, 0.717) is 0 Å². The van der Waals surface area contributed by atoms with Gasteiger partial charge in [0.1, 0.15) is 5.84 Å². The maximum Gasteiger partial charge on any atom is 0.147 e. The van der Waals surface area contributed by atoms with E-state index in [9.17, 15) is 0 Å². The fourth-order valence-electron chi connectivity index (χ4n) is 2.83. The molecular formula is C20H17N3S. The molecule has 0 saturated heterocycles. The number of fused-ring (bicyclic) bond motifs is 1. The summed E-state index contributed by atoms with van der Waals surface area (Å²) in [6.07, 6.45) is 3.62. The molecule has 3 nitrogen and oxygen atoms in total. The highest BCUT2D eigenvalue weighted by molar-refractivity contribution is 7.11. The van der Waals surface area contributed by atoms with Crippen molar-refractivity contribution in [3.05, 3.63) is 82.3 Å². The number of benzene rings is 1. The van der Waals surface area contributed by atoms with Crippen molar-refractivity contribution in [2.45, 2.75) is 13.8 Å². The summed E-state index contributed by atoms with van der Waals surface area (Å²) in [6.45, 7) is 8.60. The highest BCUT2D eigenvalue weighted by atomic mass is 32.1. The molecule has 0 unspecified atom stereocenters. The van der Waals surface area contributed by atoms with Crippen LogP contribution in [0, 0.1) is 13.8 Å². The fourth-order valence-corrected chi connectivity index (χ4v) is 3.63.